The summed E-state index contributed by atoms with van der Waals surface area (Å²) < 4.78 is 90.5. The van der Waals surface area contributed by atoms with Crippen LogP contribution in [0, 0.1) is 18.3 Å². The number of amides is 2. The van der Waals surface area contributed by atoms with E-state index in [0.717, 1.165) is 10.7 Å². The van der Waals surface area contributed by atoms with Crippen molar-refractivity contribution in [1.82, 2.24) is 40.3 Å². The first-order valence-electron chi connectivity index (χ1n) is 13.3. The first-order chi connectivity index (χ1) is 22.0. The van der Waals surface area contributed by atoms with E-state index < -0.39 is 52.2 Å². The Hall–Kier alpha value is -5.03. The molecule has 3 aromatic heterocycles. The molecule has 0 radical (unpaired) electrons. The molecule has 0 aliphatic carbocycles. The Labute approximate surface area is 266 Å². The van der Waals surface area contributed by atoms with Crippen molar-refractivity contribution < 1.29 is 40.0 Å². The highest BCUT2D eigenvalue weighted by atomic mass is 35.5. The summed E-state index contributed by atoms with van der Waals surface area (Å²) in [6, 6.07) is 7.87. The zero-order chi connectivity index (χ0) is 34.3. The number of rotatable bonds is 8. The number of carbonyl (C=O) groups excluding carboxylic acids is 2. The molecule has 5 rings (SSSR count). The fraction of sp³-hybridized carbons (Fsp3) is 0.308. The summed E-state index contributed by atoms with van der Waals surface area (Å²) in [5, 5.41) is 28.1. The van der Waals surface area contributed by atoms with Crippen LogP contribution in [0.4, 0.5) is 27.6 Å². The lowest BCUT2D eigenvalue weighted by atomic mass is 10.0. The summed E-state index contributed by atoms with van der Waals surface area (Å²) in [7, 11) is -3.34. The number of nitrogens with zero attached hydrogens (tertiary/aromatic N) is 8. The Bertz CT molecular complexity index is 2040. The largest absolute Gasteiger partial charge is 0.461 e. The summed E-state index contributed by atoms with van der Waals surface area (Å²) in [6.45, 7) is 0.892. The molecule has 1 aliphatic rings. The first kappa shape index (κ1) is 33.3. The molecular weight excluding hydrogens is 679 g/mol. The van der Waals surface area contributed by atoms with E-state index in [2.05, 4.69) is 36.1 Å². The smallest absolute Gasteiger partial charge is 0.348 e. The molecular formula is C26H20ClF5N10O4S. The van der Waals surface area contributed by atoms with Crippen LogP contribution >= 0.6 is 11.6 Å². The van der Waals surface area contributed by atoms with Crippen molar-refractivity contribution in [1.29, 1.82) is 5.26 Å². The molecule has 0 bridgehead atoms. The minimum atomic E-state index is -5.97. The number of anilines is 1. The number of hydrogen-bond acceptors (Lipinski definition) is 10. The van der Waals surface area contributed by atoms with Crippen molar-refractivity contribution in [3.8, 4) is 11.9 Å². The van der Waals surface area contributed by atoms with Crippen LogP contribution in [0.15, 0.2) is 36.5 Å². The predicted octanol–water partition coefficient (Wildman–Crippen LogP) is 2.96. The van der Waals surface area contributed by atoms with Gasteiger partial charge >= 0.3 is 12.1 Å². The number of nitriles is 1. The summed E-state index contributed by atoms with van der Waals surface area (Å²) in [4.78, 5) is 31.6. The molecule has 2 amide bonds. The van der Waals surface area contributed by atoms with Crippen LogP contribution in [0.1, 0.15) is 49.9 Å². The van der Waals surface area contributed by atoms with Gasteiger partial charge in [0, 0.05) is 12.2 Å². The maximum absolute atomic E-state index is 13.7. The van der Waals surface area contributed by atoms with Gasteiger partial charge in [0.2, 0.25) is 0 Å². The molecule has 2 N–H and O–H groups in total. The van der Waals surface area contributed by atoms with E-state index in [1.807, 2.05) is 6.07 Å². The predicted molar refractivity (Wildman–Crippen MR) is 152 cm³/mol. The number of nitrogens with one attached hydrogen (secondary N) is 2. The number of pyridine rings is 1. The molecule has 4 aromatic rings. The number of sulfone groups is 1. The number of tetrazole rings is 1. The second kappa shape index (κ2) is 12.3. The molecule has 1 aromatic carbocycles. The van der Waals surface area contributed by atoms with Crippen LogP contribution in [-0.2, 0) is 22.3 Å². The third kappa shape index (κ3) is 6.90. The fourth-order valence-electron chi connectivity index (χ4n) is 4.62. The molecule has 1 atom stereocenters. The third-order valence-electron chi connectivity index (χ3n) is 6.84. The fourth-order valence-corrected chi connectivity index (χ4v) is 6.49. The lowest BCUT2D eigenvalue weighted by molar-refractivity contribution is -0.292. The van der Waals surface area contributed by atoms with Gasteiger partial charge in [-0.25, -0.2) is 18.1 Å². The van der Waals surface area contributed by atoms with Crippen LogP contribution in [0.25, 0.3) is 5.82 Å². The maximum Gasteiger partial charge on any atom is 0.461 e. The van der Waals surface area contributed by atoms with Gasteiger partial charge in [-0.3, -0.25) is 9.59 Å². The number of halogens is 6. The standard InChI is InChI=1S/C26H20ClF5N10O4S/c1-13-7-14(10-33)8-17(22(43)35-15-4-6-47(45,46)12-15)20(13)36-23(44)19-9-16(38-42(19)21-18(27)3-2-5-34-21)11-41-39-24(37-40-41)25(28,29)26(30,31)32/h2-3,5,7-9,15H,4,6,11-12H2,1H3,(H,35,43)(H,36,44). The number of carbonyl (C=O) groups is 2. The monoisotopic (exact) mass is 698 g/mol. The highest BCUT2D eigenvalue weighted by Gasteiger charge is 2.62. The van der Waals surface area contributed by atoms with Crippen molar-refractivity contribution in [2.24, 2.45) is 0 Å². The van der Waals surface area contributed by atoms with Crippen LogP contribution in [0.3, 0.4) is 0 Å². The van der Waals surface area contributed by atoms with Crippen molar-refractivity contribution in [3.05, 3.63) is 75.5 Å². The van der Waals surface area contributed by atoms with Crippen molar-refractivity contribution in [2.75, 3.05) is 16.8 Å². The van der Waals surface area contributed by atoms with Gasteiger partial charge in [-0.2, -0.15) is 37.1 Å². The van der Waals surface area contributed by atoms with Gasteiger partial charge in [-0.1, -0.05) is 11.6 Å². The van der Waals surface area contributed by atoms with Gasteiger partial charge in [-0.05, 0) is 54.5 Å². The van der Waals surface area contributed by atoms with Crippen molar-refractivity contribution in [2.45, 2.75) is 38.0 Å². The summed E-state index contributed by atoms with van der Waals surface area (Å²) in [5.41, 5.74) is -0.217. The van der Waals surface area contributed by atoms with E-state index in [0.29, 0.717) is 4.80 Å². The third-order valence-corrected chi connectivity index (χ3v) is 8.90. The molecule has 246 valence electrons. The van der Waals surface area contributed by atoms with E-state index in [4.69, 9.17) is 11.6 Å². The van der Waals surface area contributed by atoms with Gasteiger partial charge < -0.3 is 10.6 Å². The van der Waals surface area contributed by atoms with Crippen LogP contribution < -0.4 is 10.6 Å². The van der Waals surface area contributed by atoms with Crippen molar-refractivity contribution >= 4 is 38.9 Å². The van der Waals surface area contributed by atoms with E-state index >= 15 is 0 Å². The molecule has 4 heterocycles. The first-order valence-corrected chi connectivity index (χ1v) is 15.5. The number of aromatic nitrogens is 7. The van der Waals surface area contributed by atoms with Crippen molar-refractivity contribution in [3.63, 3.8) is 0 Å². The average Bonchev–Trinajstić information content (AvgIpc) is 3.72. The van der Waals surface area contributed by atoms with Gasteiger partial charge in [-0.15, -0.1) is 10.2 Å². The lowest BCUT2D eigenvalue weighted by Gasteiger charge is -2.17. The Balaban J connectivity index is 1.50. The normalized spacial score (nSPS) is 16.1. The molecule has 1 fully saturated rings. The van der Waals surface area contributed by atoms with E-state index in [1.54, 1.807) is 0 Å². The van der Waals surface area contributed by atoms with Crippen LogP contribution in [-0.4, -0.2) is 78.9 Å². The number of benzene rings is 1. The second-order valence-corrected chi connectivity index (χ2v) is 12.9. The summed E-state index contributed by atoms with van der Waals surface area (Å²) >= 11 is 6.28. The number of aryl methyl sites for hydroxylation is 1. The minimum Gasteiger partial charge on any atom is -0.348 e. The molecule has 1 unspecified atom stereocenters. The van der Waals surface area contributed by atoms with E-state index in [-0.39, 0.29) is 62.5 Å². The Morgan fingerprint density at radius 3 is 2.53 bits per heavy atom. The zero-order valence-electron chi connectivity index (χ0n) is 23.8. The quantitative estimate of drug-likeness (QED) is 0.259. The van der Waals surface area contributed by atoms with Gasteiger partial charge in [0.25, 0.3) is 17.6 Å². The Morgan fingerprint density at radius 1 is 1.15 bits per heavy atom. The highest BCUT2D eigenvalue weighted by Crippen LogP contribution is 2.42. The molecule has 14 nitrogen and oxygen atoms in total. The average molecular weight is 699 g/mol. The minimum absolute atomic E-state index is 0.0170. The van der Waals surface area contributed by atoms with E-state index in [9.17, 15) is 45.2 Å². The molecule has 0 saturated carbocycles. The Morgan fingerprint density at radius 2 is 1.89 bits per heavy atom. The number of hydrogen-bond donors (Lipinski definition) is 2. The maximum atomic E-state index is 13.7. The molecule has 47 heavy (non-hydrogen) atoms. The zero-order valence-corrected chi connectivity index (χ0v) is 25.3. The molecule has 1 saturated heterocycles. The topological polar surface area (TPSA) is 190 Å². The van der Waals surface area contributed by atoms with Gasteiger partial charge in [0.1, 0.15) is 12.2 Å². The van der Waals surface area contributed by atoms with Crippen LogP contribution in [0.2, 0.25) is 5.02 Å². The lowest BCUT2D eigenvalue weighted by Crippen LogP contribution is -2.36. The Kier molecular flexibility index (Phi) is 8.72. The number of alkyl halides is 5. The second-order valence-electron chi connectivity index (χ2n) is 10.3. The van der Waals surface area contributed by atoms with Gasteiger partial charge in [0.15, 0.2) is 15.7 Å². The van der Waals surface area contributed by atoms with Crippen LogP contribution in [0.5, 0.6) is 0 Å². The molecule has 1 aliphatic heterocycles. The highest BCUT2D eigenvalue weighted by molar-refractivity contribution is 7.91. The summed E-state index contributed by atoms with van der Waals surface area (Å²) in [6.07, 6.45) is -4.47. The summed E-state index contributed by atoms with van der Waals surface area (Å²) in [5.74, 6) is -9.41. The molecule has 21 heteroatoms. The van der Waals surface area contributed by atoms with Gasteiger partial charge in [0.05, 0.1) is 45.1 Å². The molecule has 0 spiro atoms. The SMILES string of the molecule is Cc1cc(C#N)cc(C(=O)NC2CCS(=O)(=O)C2)c1NC(=O)c1cc(Cn2nnc(C(F)(F)C(F)(F)F)n2)nn1-c1ncccc1Cl. The van der Waals surface area contributed by atoms with E-state index in [1.165, 1.54) is 37.4 Å².